The fourth-order valence-electron chi connectivity index (χ4n) is 2.42. The molecule has 0 saturated carbocycles. The Bertz CT molecular complexity index is 513. The molecule has 7 heteroatoms. The van der Waals surface area contributed by atoms with Crippen molar-refractivity contribution in [1.82, 2.24) is 10.8 Å². The van der Waals surface area contributed by atoms with Gasteiger partial charge in [-0.25, -0.2) is 5.48 Å². The largest absolute Gasteiger partial charge is 0.378 e. The molecule has 0 radical (unpaired) electrons. The molecule has 1 heterocycles. The average molecular weight is 321 g/mol. The Kier molecular flexibility index (Phi) is 6.83. The fraction of sp³-hybridized carbons (Fsp3) is 0.500. The number of hydroxylamine groups is 1. The Morgan fingerprint density at radius 1 is 1.13 bits per heavy atom. The molecule has 2 amide bonds. The second-order valence-corrected chi connectivity index (χ2v) is 5.39. The number of hydrogen-bond donors (Lipinski definition) is 3. The van der Waals surface area contributed by atoms with Gasteiger partial charge in [0.1, 0.15) is 0 Å². The number of nitrogens with one attached hydrogen (secondary N) is 2. The third-order valence-corrected chi connectivity index (χ3v) is 3.75. The first-order chi connectivity index (χ1) is 11.2. The minimum atomic E-state index is -0.407. The van der Waals surface area contributed by atoms with E-state index in [1.54, 1.807) is 5.48 Å². The van der Waals surface area contributed by atoms with Crippen LogP contribution < -0.4 is 15.7 Å². The molecule has 1 aromatic carbocycles. The van der Waals surface area contributed by atoms with E-state index in [1.807, 2.05) is 24.3 Å². The van der Waals surface area contributed by atoms with Crippen LogP contribution in [0.4, 0.5) is 5.69 Å². The highest BCUT2D eigenvalue weighted by Gasteiger charge is 2.12. The molecule has 1 fully saturated rings. The Labute approximate surface area is 135 Å². The topological polar surface area (TPSA) is 90.9 Å². The van der Waals surface area contributed by atoms with Gasteiger partial charge in [0.2, 0.25) is 5.91 Å². The molecule has 0 bridgehead atoms. The van der Waals surface area contributed by atoms with Crippen LogP contribution in [0, 0.1) is 0 Å². The first kappa shape index (κ1) is 17.2. The summed E-state index contributed by atoms with van der Waals surface area (Å²) in [4.78, 5) is 25.1. The number of ether oxygens (including phenoxy) is 1. The quantitative estimate of drug-likeness (QED) is 0.395. The van der Waals surface area contributed by atoms with E-state index in [-0.39, 0.29) is 12.3 Å². The van der Waals surface area contributed by atoms with E-state index in [2.05, 4.69) is 10.2 Å². The van der Waals surface area contributed by atoms with Crippen LogP contribution in [0.15, 0.2) is 24.3 Å². The number of anilines is 1. The van der Waals surface area contributed by atoms with E-state index in [4.69, 9.17) is 9.94 Å². The Hall–Kier alpha value is -2.12. The fourth-order valence-corrected chi connectivity index (χ4v) is 2.42. The number of carbonyl (C=O) groups is 2. The molecule has 1 aliphatic rings. The summed E-state index contributed by atoms with van der Waals surface area (Å²) in [5.74, 6) is -0.528. The SMILES string of the molecule is O=C(CCCCNC(=O)c1ccc(N2CCOCC2)cc1)NO. The Morgan fingerprint density at radius 2 is 1.83 bits per heavy atom. The predicted octanol–water partition coefficient (Wildman–Crippen LogP) is 0.929. The number of nitrogens with zero attached hydrogens (tertiary/aromatic N) is 1. The molecule has 0 aromatic heterocycles. The maximum Gasteiger partial charge on any atom is 0.251 e. The summed E-state index contributed by atoms with van der Waals surface area (Å²) in [6.45, 7) is 3.70. The summed E-state index contributed by atoms with van der Waals surface area (Å²) in [5.41, 5.74) is 3.30. The van der Waals surface area contributed by atoms with Crippen molar-refractivity contribution in [1.29, 1.82) is 0 Å². The number of carbonyl (C=O) groups excluding carboxylic acids is 2. The van der Waals surface area contributed by atoms with Crippen molar-refractivity contribution in [2.75, 3.05) is 37.7 Å². The first-order valence-electron chi connectivity index (χ1n) is 7.84. The predicted molar refractivity (Wildman–Crippen MR) is 85.6 cm³/mol. The molecule has 0 atom stereocenters. The van der Waals surface area contributed by atoms with Gasteiger partial charge in [0.05, 0.1) is 13.2 Å². The summed E-state index contributed by atoms with van der Waals surface area (Å²) in [6, 6.07) is 7.54. The van der Waals surface area contributed by atoms with Crippen LogP contribution in [0.25, 0.3) is 0 Å². The normalized spacial score (nSPS) is 14.4. The van der Waals surface area contributed by atoms with E-state index < -0.39 is 5.91 Å². The minimum absolute atomic E-state index is 0.120. The molecule has 0 aliphatic carbocycles. The second-order valence-electron chi connectivity index (χ2n) is 5.39. The molecular weight excluding hydrogens is 298 g/mol. The highest BCUT2D eigenvalue weighted by Crippen LogP contribution is 2.16. The molecule has 1 aromatic rings. The van der Waals surface area contributed by atoms with Crippen LogP contribution in [-0.4, -0.2) is 49.9 Å². The summed E-state index contributed by atoms with van der Waals surface area (Å²) in [5, 5.41) is 11.2. The molecule has 23 heavy (non-hydrogen) atoms. The number of amides is 2. The van der Waals surface area contributed by atoms with Gasteiger partial charge in [-0.15, -0.1) is 0 Å². The number of unbranched alkanes of at least 4 members (excludes halogenated alkanes) is 1. The number of rotatable bonds is 7. The number of hydrogen-bond acceptors (Lipinski definition) is 5. The number of benzene rings is 1. The summed E-state index contributed by atoms with van der Waals surface area (Å²) in [6.07, 6.45) is 1.55. The van der Waals surface area contributed by atoms with Crippen molar-refractivity contribution in [3.63, 3.8) is 0 Å². The lowest BCUT2D eigenvalue weighted by atomic mass is 10.1. The standard InChI is InChI=1S/C16H23N3O4/c20-15(18-22)3-1-2-8-17-16(21)13-4-6-14(7-5-13)19-9-11-23-12-10-19/h4-7,22H,1-3,8-12H2,(H,17,21)(H,18,20). The van der Waals surface area contributed by atoms with Crippen molar-refractivity contribution < 1.29 is 19.5 Å². The van der Waals surface area contributed by atoms with Crippen LogP contribution >= 0.6 is 0 Å². The van der Waals surface area contributed by atoms with Gasteiger partial charge >= 0.3 is 0 Å². The minimum Gasteiger partial charge on any atom is -0.378 e. The van der Waals surface area contributed by atoms with Crippen LogP contribution in [-0.2, 0) is 9.53 Å². The smallest absolute Gasteiger partial charge is 0.251 e. The third kappa shape index (κ3) is 5.54. The van der Waals surface area contributed by atoms with E-state index in [0.29, 0.717) is 24.9 Å². The molecule has 0 unspecified atom stereocenters. The van der Waals surface area contributed by atoms with Crippen LogP contribution in [0.5, 0.6) is 0 Å². The molecule has 126 valence electrons. The van der Waals surface area contributed by atoms with Gasteiger partial charge in [0.25, 0.3) is 5.91 Å². The van der Waals surface area contributed by atoms with Crippen molar-refractivity contribution in [3.8, 4) is 0 Å². The molecule has 1 aliphatic heterocycles. The van der Waals surface area contributed by atoms with Gasteiger partial charge in [-0.2, -0.15) is 0 Å². The average Bonchev–Trinajstić information content (AvgIpc) is 2.62. The molecule has 2 rings (SSSR count). The van der Waals surface area contributed by atoms with Gasteiger partial charge in [-0.1, -0.05) is 0 Å². The molecule has 1 saturated heterocycles. The molecule has 3 N–H and O–H groups in total. The summed E-state index contributed by atoms with van der Waals surface area (Å²) in [7, 11) is 0. The van der Waals surface area contributed by atoms with Crippen molar-refractivity contribution >= 4 is 17.5 Å². The molecule has 7 nitrogen and oxygen atoms in total. The highest BCUT2D eigenvalue weighted by atomic mass is 16.5. The third-order valence-electron chi connectivity index (χ3n) is 3.75. The van der Waals surface area contributed by atoms with Crippen LogP contribution in [0.1, 0.15) is 29.6 Å². The summed E-state index contributed by atoms with van der Waals surface area (Å²) < 4.78 is 5.32. The van der Waals surface area contributed by atoms with Crippen molar-refractivity contribution in [3.05, 3.63) is 29.8 Å². The monoisotopic (exact) mass is 321 g/mol. The zero-order valence-electron chi connectivity index (χ0n) is 13.1. The Balaban J connectivity index is 1.73. The lowest BCUT2D eigenvalue weighted by Crippen LogP contribution is -2.36. The maximum atomic E-state index is 12.0. The van der Waals surface area contributed by atoms with Gasteiger partial charge in [0, 0.05) is 37.3 Å². The van der Waals surface area contributed by atoms with E-state index in [0.717, 1.165) is 32.0 Å². The second kappa shape index (κ2) is 9.12. The van der Waals surface area contributed by atoms with Crippen molar-refractivity contribution in [2.24, 2.45) is 0 Å². The van der Waals surface area contributed by atoms with E-state index in [9.17, 15) is 9.59 Å². The van der Waals surface area contributed by atoms with Crippen molar-refractivity contribution in [2.45, 2.75) is 19.3 Å². The van der Waals surface area contributed by atoms with Gasteiger partial charge < -0.3 is 15.0 Å². The zero-order valence-corrected chi connectivity index (χ0v) is 13.1. The lowest BCUT2D eigenvalue weighted by Gasteiger charge is -2.28. The Morgan fingerprint density at radius 3 is 2.48 bits per heavy atom. The molecule has 0 spiro atoms. The number of morpholine rings is 1. The van der Waals surface area contributed by atoms with Crippen LogP contribution in [0.3, 0.4) is 0 Å². The van der Waals surface area contributed by atoms with E-state index in [1.165, 1.54) is 0 Å². The van der Waals surface area contributed by atoms with Crippen LogP contribution in [0.2, 0.25) is 0 Å². The highest BCUT2D eigenvalue weighted by molar-refractivity contribution is 5.94. The van der Waals surface area contributed by atoms with Gasteiger partial charge in [0.15, 0.2) is 0 Å². The van der Waals surface area contributed by atoms with E-state index >= 15 is 0 Å². The van der Waals surface area contributed by atoms with Gasteiger partial charge in [-0.3, -0.25) is 14.8 Å². The molecular formula is C16H23N3O4. The first-order valence-corrected chi connectivity index (χ1v) is 7.84. The van der Waals surface area contributed by atoms with Gasteiger partial charge in [-0.05, 0) is 37.1 Å². The zero-order chi connectivity index (χ0) is 16.5. The maximum absolute atomic E-state index is 12.0. The summed E-state index contributed by atoms with van der Waals surface area (Å²) >= 11 is 0. The lowest BCUT2D eigenvalue weighted by molar-refractivity contribution is -0.129.